The van der Waals surface area contributed by atoms with Gasteiger partial charge < -0.3 is 9.72 Å². The average Bonchev–Trinajstić information content (AvgIpc) is 2.55. The molecule has 0 unspecified atom stereocenters. The van der Waals surface area contributed by atoms with Gasteiger partial charge in [0.15, 0.2) is 5.75 Å². The first-order valence-electron chi connectivity index (χ1n) is 5.00. The van der Waals surface area contributed by atoms with Crippen LogP contribution in [0.4, 0.5) is 0 Å². The zero-order valence-corrected chi connectivity index (χ0v) is 8.83. The Kier molecular flexibility index (Phi) is 2.46. The number of carbonyl (C=O) groups is 1. The van der Waals surface area contributed by atoms with Gasteiger partial charge in [-0.05, 0) is 19.1 Å². The number of fused-ring (bicyclic) bond motifs is 1. The SMILES string of the molecule is CCC(=O)Oc1c(C)[nH]c2ccccc12. The Morgan fingerprint density at radius 2 is 2.13 bits per heavy atom. The Bertz CT molecular complexity index is 499. The van der Waals surface area contributed by atoms with E-state index in [4.69, 9.17) is 4.74 Å². The molecule has 0 bridgehead atoms. The summed E-state index contributed by atoms with van der Waals surface area (Å²) >= 11 is 0. The molecule has 0 amide bonds. The van der Waals surface area contributed by atoms with Crippen molar-refractivity contribution in [2.45, 2.75) is 20.3 Å². The summed E-state index contributed by atoms with van der Waals surface area (Å²) in [6, 6.07) is 7.78. The molecular formula is C12H13NO2. The fourth-order valence-electron chi connectivity index (χ4n) is 1.57. The quantitative estimate of drug-likeness (QED) is 0.762. The van der Waals surface area contributed by atoms with Crippen LogP contribution in [0, 0.1) is 6.92 Å². The number of nitrogens with one attached hydrogen (secondary N) is 1. The predicted octanol–water partition coefficient (Wildman–Crippen LogP) is 2.79. The summed E-state index contributed by atoms with van der Waals surface area (Å²) in [7, 11) is 0. The van der Waals surface area contributed by atoms with Crippen molar-refractivity contribution in [2.75, 3.05) is 0 Å². The third-order valence-corrected chi connectivity index (χ3v) is 2.34. The molecule has 0 saturated carbocycles. The van der Waals surface area contributed by atoms with Crippen molar-refractivity contribution in [3.05, 3.63) is 30.0 Å². The van der Waals surface area contributed by atoms with Crippen LogP contribution in [0.15, 0.2) is 24.3 Å². The smallest absolute Gasteiger partial charge is 0.310 e. The Morgan fingerprint density at radius 3 is 2.87 bits per heavy atom. The van der Waals surface area contributed by atoms with Gasteiger partial charge in [-0.3, -0.25) is 4.79 Å². The van der Waals surface area contributed by atoms with Crippen LogP contribution in [0.5, 0.6) is 5.75 Å². The number of aromatic amines is 1. The topological polar surface area (TPSA) is 42.1 Å². The maximum Gasteiger partial charge on any atom is 0.310 e. The molecule has 0 aliphatic carbocycles. The maximum atomic E-state index is 11.2. The Balaban J connectivity index is 2.49. The van der Waals surface area contributed by atoms with E-state index in [-0.39, 0.29) is 5.97 Å². The molecule has 78 valence electrons. The van der Waals surface area contributed by atoms with Crippen molar-refractivity contribution in [1.29, 1.82) is 0 Å². The van der Waals surface area contributed by atoms with Gasteiger partial charge in [0.05, 0.1) is 5.69 Å². The van der Waals surface area contributed by atoms with Gasteiger partial charge in [0.2, 0.25) is 0 Å². The molecule has 1 heterocycles. The van der Waals surface area contributed by atoms with E-state index < -0.39 is 0 Å². The van der Waals surface area contributed by atoms with Gasteiger partial charge in [-0.25, -0.2) is 0 Å². The van der Waals surface area contributed by atoms with Crippen molar-refractivity contribution in [2.24, 2.45) is 0 Å². The minimum Gasteiger partial charge on any atom is -0.424 e. The Morgan fingerprint density at radius 1 is 1.40 bits per heavy atom. The molecule has 2 aromatic rings. The molecule has 2 rings (SSSR count). The number of hydrogen-bond acceptors (Lipinski definition) is 2. The van der Waals surface area contributed by atoms with Crippen molar-refractivity contribution in [3.8, 4) is 5.75 Å². The van der Waals surface area contributed by atoms with Crippen LogP contribution in [-0.4, -0.2) is 11.0 Å². The molecule has 1 aromatic heterocycles. The van der Waals surface area contributed by atoms with E-state index in [0.29, 0.717) is 12.2 Å². The van der Waals surface area contributed by atoms with Crippen molar-refractivity contribution < 1.29 is 9.53 Å². The number of benzene rings is 1. The third kappa shape index (κ3) is 1.73. The van der Waals surface area contributed by atoms with E-state index in [9.17, 15) is 4.79 Å². The predicted molar refractivity (Wildman–Crippen MR) is 59.0 cm³/mol. The summed E-state index contributed by atoms with van der Waals surface area (Å²) in [5.41, 5.74) is 1.88. The van der Waals surface area contributed by atoms with Gasteiger partial charge in [-0.2, -0.15) is 0 Å². The molecule has 1 N–H and O–H groups in total. The van der Waals surface area contributed by atoms with Gasteiger partial charge in [0, 0.05) is 17.3 Å². The zero-order valence-electron chi connectivity index (χ0n) is 8.83. The van der Waals surface area contributed by atoms with E-state index in [0.717, 1.165) is 16.6 Å². The average molecular weight is 203 g/mol. The number of hydrogen-bond donors (Lipinski definition) is 1. The number of aryl methyl sites for hydroxylation is 1. The Hall–Kier alpha value is -1.77. The lowest BCUT2D eigenvalue weighted by Gasteiger charge is -2.01. The number of rotatable bonds is 2. The first-order chi connectivity index (χ1) is 7.22. The summed E-state index contributed by atoms with van der Waals surface area (Å²) in [5, 5.41) is 0.955. The van der Waals surface area contributed by atoms with Gasteiger partial charge in [0.1, 0.15) is 0 Å². The molecule has 0 radical (unpaired) electrons. The van der Waals surface area contributed by atoms with Crippen LogP contribution in [0.2, 0.25) is 0 Å². The number of aromatic nitrogens is 1. The van der Waals surface area contributed by atoms with Crippen LogP contribution >= 0.6 is 0 Å². The van der Waals surface area contributed by atoms with Crippen LogP contribution in [0.3, 0.4) is 0 Å². The van der Waals surface area contributed by atoms with E-state index in [1.807, 2.05) is 31.2 Å². The highest BCUT2D eigenvalue weighted by Crippen LogP contribution is 2.29. The van der Waals surface area contributed by atoms with E-state index in [2.05, 4.69) is 4.98 Å². The number of esters is 1. The summed E-state index contributed by atoms with van der Waals surface area (Å²) in [6.07, 6.45) is 0.388. The van der Waals surface area contributed by atoms with Gasteiger partial charge in [-0.1, -0.05) is 19.1 Å². The van der Waals surface area contributed by atoms with Crippen LogP contribution in [-0.2, 0) is 4.79 Å². The molecule has 3 heteroatoms. The molecule has 0 fully saturated rings. The van der Waals surface area contributed by atoms with Crippen molar-refractivity contribution in [3.63, 3.8) is 0 Å². The fraction of sp³-hybridized carbons (Fsp3) is 0.250. The minimum atomic E-state index is -0.206. The largest absolute Gasteiger partial charge is 0.424 e. The molecule has 0 atom stereocenters. The molecule has 1 aromatic carbocycles. The second-order valence-electron chi connectivity index (χ2n) is 3.45. The van der Waals surface area contributed by atoms with Crippen molar-refractivity contribution in [1.82, 2.24) is 4.98 Å². The van der Waals surface area contributed by atoms with Crippen LogP contribution in [0.25, 0.3) is 10.9 Å². The fourth-order valence-corrected chi connectivity index (χ4v) is 1.57. The van der Waals surface area contributed by atoms with Gasteiger partial charge in [-0.15, -0.1) is 0 Å². The first-order valence-corrected chi connectivity index (χ1v) is 5.00. The lowest BCUT2D eigenvalue weighted by Crippen LogP contribution is -2.05. The highest BCUT2D eigenvalue weighted by atomic mass is 16.5. The monoisotopic (exact) mass is 203 g/mol. The van der Waals surface area contributed by atoms with E-state index in [1.165, 1.54) is 0 Å². The van der Waals surface area contributed by atoms with Crippen molar-refractivity contribution >= 4 is 16.9 Å². The maximum absolute atomic E-state index is 11.2. The molecule has 0 spiro atoms. The lowest BCUT2D eigenvalue weighted by atomic mass is 10.2. The minimum absolute atomic E-state index is 0.206. The number of ether oxygens (including phenoxy) is 1. The number of para-hydroxylation sites is 1. The zero-order chi connectivity index (χ0) is 10.8. The van der Waals surface area contributed by atoms with Gasteiger partial charge in [0.25, 0.3) is 0 Å². The van der Waals surface area contributed by atoms with E-state index >= 15 is 0 Å². The third-order valence-electron chi connectivity index (χ3n) is 2.34. The molecule has 15 heavy (non-hydrogen) atoms. The Labute approximate surface area is 88.1 Å². The highest BCUT2D eigenvalue weighted by Gasteiger charge is 2.11. The molecule has 0 aliphatic rings. The number of carbonyl (C=O) groups excluding carboxylic acids is 1. The second kappa shape index (κ2) is 3.77. The summed E-state index contributed by atoms with van der Waals surface area (Å²) < 4.78 is 5.28. The molecule has 0 aliphatic heterocycles. The first kappa shape index (κ1) is 9.77. The molecular weight excluding hydrogens is 190 g/mol. The standard InChI is InChI=1S/C12H13NO2/c1-3-11(14)15-12-8(2)13-10-7-5-4-6-9(10)12/h4-7,13H,3H2,1-2H3. The lowest BCUT2D eigenvalue weighted by molar-refractivity contribution is -0.133. The van der Waals surface area contributed by atoms with E-state index in [1.54, 1.807) is 6.92 Å². The summed E-state index contributed by atoms with van der Waals surface area (Å²) in [5.74, 6) is 0.445. The van der Waals surface area contributed by atoms with Crippen LogP contribution < -0.4 is 4.74 Å². The van der Waals surface area contributed by atoms with Crippen LogP contribution in [0.1, 0.15) is 19.0 Å². The second-order valence-corrected chi connectivity index (χ2v) is 3.45. The summed E-state index contributed by atoms with van der Waals surface area (Å²) in [6.45, 7) is 3.69. The number of H-pyrrole nitrogens is 1. The molecule has 3 nitrogen and oxygen atoms in total. The highest BCUT2D eigenvalue weighted by molar-refractivity contribution is 5.90. The van der Waals surface area contributed by atoms with Gasteiger partial charge >= 0.3 is 5.97 Å². The molecule has 0 saturated heterocycles. The normalized spacial score (nSPS) is 10.5. The summed E-state index contributed by atoms with van der Waals surface area (Å²) in [4.78, 5) is 14.4.